The van der Waals surface area contributed by atoms with E-state index >= 15 is 0 Å². The predicted octanol–water partition coefficient (Wildman–Crippen LogP) is 3.98. The third-order valence-electron chi connectivity index (χ3n) is 2.83. The first-order valence-corrected chi connectivity index (χ1v) is 6.42. The average Bonchev–Trinajstić information content (AvgIpc) is 2.37. The summed E-state index contributed by atoms with van der Waals surface area (Å²) in [4.78, 5) is 12.0. The Morgan fingerprint density at radius 1 is 1.25 bits per heavy atom. The van der Waals surface area contributed by atoms with Crippen LogP contribution in [-0.2, 0) is 0 Å². The monoisotopic (exact) mass is 302 g/mol. The number of hydrogen-bond donors (Lipinski definition) is 0. The Balaban J connectivity index is 2.21. The summed E-state index contributed by atoms with van der Waals surface area (Å²) >= 11 is 0.398. The second-order valence-electron chi connectivity index (χ2n) is 4.20. The highest BCUT2D eigenvalue weighted by atomic mass is 32.2. The Morgan fingerprint density at radius 2 is 2.00 bits per heavy atom. The Kier molecular flexibility index (Phi) is 2.89. The van der Waals surface area contributed by atoms with E-state index in [-0.39, 0.29) is 21.6 Å². The topological polar surface area (TPSA) is 30.2 Å². The number of alkyl halides is 3. The van der Waals surface area contributed by atoms with Crippen LogP contribution in [0.4, 0.5) is 17.6 Å². The van der Waals surface area contributed by atoms with Crippen molar-refractivity contribution in [3.05, 3.63) is 46.1 Å². The quantitative estimate of drug-likeness (QED) is 0.690. The highest BCUT2D eigenvalue weighted by Crippen LogP contribution is 2.40. The fourth-order valence-corrected chi connectivity index (χ4v) is 2.89. The molecule has 1 aliphatic rings. The van der Waals surface area contributed by atoms with Crippen molar-refractivity contribution in [3.8, 4) is 0 Å². The smallest absolute Gasteiger partial charge is 0.404 e. The molecule has 1 aromatic heterocycles. The average molecular weight is 302 g/mol. The zero-order chi connectivity index (χ0) is 14.5. The lowest BCUT2D eigenvalue weighted by atomic mass is 10.2. The van der Waals surface area contributed by atoms with E-state index in [1.54, 1.807) is 0 Å². The molecule has 0 spiro atoms. The molecular formula is C13H6F4O2S. The first-order valence-electron chi connectivity index (χ1n) is 5.54. The summed E-state index contributed by atoms with van der Waals surface area (Å²) in [5.74, 6) is -0.556. The van der Waals surface area contributed by atoms with Crippen LogP contribution in [0.2, 0.25) is 0 Å². The number of rotatable bonds is 0. The molecule has 0 saturated heterocycles. The normalized spacial score (nSPS) is 18.3. The summed E-state index contributed by atoms with van der Waals surface area (Å²) in [6, 6.07) is 3.31. The van der Waals surface area contributed by atoms with Crippen LogP contribution >= 0.6 is 11.8 Å². The van der Waals surface area contributed by atoms with Crippen molar-refractivity contribution in [2.24, 2.45) is 0 Å². The van der Waals surface area contributed by atoms with E-state index in [1.165, 1.54) is 6.07 Å². The molecule has 0 saturated carbocycles. The molecule has 20 heavy (non-hydrogen) atoms. The van der Waals surface area contributed by atoms with E-state index in [4.69, 9.17) is 4.42 Å². The maximum absolute atomic E-state index is 13.1. The summed E-state index contributed by atoms with van der Waals surface area (Å²) in [6.07, 6.45) is -2.42. The van der Waals surface area contributed by atoms with Crippen molar-refractivity contribution in [3.63, 3.8) is 0 Å². The number of hydrogen-bond acceptors (Lipinski definition) is 3. The van der Waals surface area contributed by atoms with Gasteiger partial charge in [0.05, 0.1) is 10.3 Å². The summed E-state index contributed by atoms with van der Waals surface area (Å²) < 4.78 is 56.4. The molecule has 2 nitrogen and oxygen atoms in total. The van der Waals surface area contributed by atoms with Gasteiger partial charge >= 0.3 is 6.18 Å². The molecule has 1 atom stereocenters. The minimum absolute atomic E-state index is 0.0180. The molecule has 3 rings (SSSR count). The lowest BCUT2D eigenvalue weighted by molar-refractivity contribution is -0.119. The van der Waals surface area contributed by atoms with Gasteiger partial charge in [0.1, 0.15) is 22.4 Å². The van der Waals surface area contributed by atoms with Crippen molar-refractivity contribution < 1.29 is 22.0 Å². The standard InChI is InChI=1S/C13H6F4O2S/c14-6-1-2-7-9(5-6)19-8-3-4-10(13(15,16)17)20-12(8)11(7)18/h1-5,10H. The first kappa shape index (κ1) is 13.2. The molecular weight excluding hydrogens is 296 g/mol. The SMILES string of the molecule is O=c1c2c(oc3cc(F)ccc13)C=CC(C(F)(F)F)S2. The maximum atomic E-state index is 13.1. The van der Waals surface area contributed by atoms with E-state index in [2.05, 4.69) is 0 Å². The maximum Gasteiger partial charge on any atom is 0.404 e. The van der Waals surface area contributed by atoms with Crippen LogP contribution in [0.15, 0.2) is 38.4 Å². The molecule has 2 aromatic rings. The molecule has 1 aliphatic heterocycles. The van der Waals surface area contributed by atoms with Gasteiger partial charge in [0.2, 0.25) is 5.43 Å². The summed E-state index contributed by atoms with van der Waals surface area (Å²) in [5, 5.41) is -1.72. The van der Waals surface area contributed by atoms with Gasteiger partial charge in [-0.1, -0.05) is 6.08 Å². The second kappa shape index (κ2) is 4.37. The van der Waals surface area contributed by atoms with E-state index in [9.17, 15) is 22.4 Å². The fraction of sp³-hybridized carbons (Fsp3) is 0.154. The Labute approximate surface area is 114 Å². The molecule has 2 heterocycles. The van der Waals surface area contributed by atoms with Crippen molar-refractivity contribution in [2.75, 3.05) is 0 Å². The van der Waals surface area contributed by atoms with Crippen LogP contribution in [0.1, 0.15) is 5.76 Å². The molecule has 0 radical (unpaired) electrons. The van der Waals surface area contributed by atoms with E-state index in [0.717, 1.165) is 24.3 Å². The van der Waals surface area contributed by atoms with E-state index in [1.807, 2.05) is 0 Å². The van der Waals surface area contributed by atoms with Gasteiger partial charge in [0.25, 0.3) is 0 Å². The van der Waals surface area contributed by atoms with E-state index < -0.39 is 22.7 Å². The lowest BCUT2D eigenvalue weighted by Gasteiger charge is -2.20. The molecule has 0 N–H and O–H groups in total. The molecule has 104 valence electrons. The van der Waals surface area contributed by atoms with Gasteiger partial charge in [-0.25, -0.2) is 4.39 Å². The van der Waals surface area contributed by atoms with Crippen LogP contribution < -0.4 is 5.43 Å². The highest BCUT2D eigenvalue weighted by Gasteiger charge is 2.41. The molecule has 0 aliphatic carbocycles. The molecule has 7 heteroatoms. The van der Waals surface area contributed by atoms with Crippen LogP contribution in [0.25, 0.3) is 17.0 Å². The van der Waals surface area contributed by atoms with Crippen molar-refractivity contribution in [2.45, 2.75) is 16.3 Å². The Morgan fingerprint density at radius 3 is 2.70 bits per heavy atom. The van der Waals surface area contributed by atoms with Crippen LogP contribution in [-0.4, -0.2) is 11.4 Å². The van der Waals surface area contributed by atoms with Gasteiger partial charge in [-0.3, -0.25) is 4.79 Å². The van der Waals surface area contributed by atoms with E-state index in [0.29, 0.717) is 11.8 Å². The molecule has 1 unspecified atom stereocenters. The number of benzene rings is 1. The minimum Gasteiger partial charge on any atom is -0.455 e. The van der Waals surface area contributed by atoms with Gasteiger partial charge in [-0.2, -0.15) is 13.2 Å². The third kappa shape index (κ3) is 2.11. The molecule has 1 aromatic carbocycles. The van der Waals surface area contributed by atoms with Gasteiger partial charge in [0.15, 0.2) is 0 Å². The van der Waals surface area contributed by atoms with Gasteiger partial charge in [0, 0.05) is 6.07 Å². The van der Waals surface area contributed by atoms with Crippen LogP contribution in [0.5, 0.6) is 0 Å². The Bertz CT molecular complexity index is 776. The van der Waals surface area contributed by atoms with Gasteiger partial charge in [-0.05, 0) is 18.2 Å². The molecule has 0 fully saturated rings. The van der Waals surface area contributed by atoms with Gasteiger partial charge in [-0.15, -0.1) is 11.8 Å². The predicted molar refractivity (Wildman–Crippen MR) is 67.2 cm³/mol. The number of fused-ring (bicyclic) bond motifs is 2. The summed E-state index contributed by atoms with van der Waals surface area (Å²) in [7, 11) is 0. The van der Waals surface area contributed by atoms with Crippen LogP contribution in [0, 0.1) is 5.82 Å². The summed E-state index contributed by atoms with van der Waals surface area (Å²) in [6.45, 7) is 0. The summed E-state index contributed by atoms with van der Waals surface area (Å²) in [5.41, 5.74) is -0.561. The zero-order valence-corrected chi connectivity index (χ0v) is 10.5. The zero-order valence-electron chi connectivity index (χ0n) is 9.70. The van der Waals surface area contributed by atoms with Crippen LogP contribution in [0.3, 0.4) is 0 Å². The van der Waals surface area contributed by atoms with Gasteiger partial charge < -0.3 is 4.42 Å². The number of thioether (sulfide) groups is 1. The molecule has 0 bridgehead atoms. The Hall–Kier alpha value is -1.76. The fourth-order valence-electron chi connectivity index (χ4n) is 1.91. The first-order chi connectivity index (χ1) is 9.36. The second-order valence-corrected chi connectivity index (χ2v) is 5.36. The molecule has 0 amide bonds. The third-order valence-corrected chi connectivity index (χ3v) is 4.13. The minimum atomic E-state index is -4.44. The van der Waals surface area contributed by atoms with Crippen molar-refractivity contribution >= 4 is 28.8 Å². The highest BCUT2D eigenvalue weighted by molar-refractivity contribution is 8.00. The van der Waals surface area contributed by atoms with Crippen molar-refractivity contribution in [1.82, 2.24) is 0 Å². The number of halogens is 4. The largest absolute Gasteiger partial charge is 0.455 e. The van der Waals surface area contributed by atoms with Crippen molar-refractivity contribution in [1.29, 1.82) is 0 Å². The lowest BCUT2D eigenvalue weighted by Crippen LogP contribution is -2.26.